The highest BCUT2D eigenvalue weighted by Crippen LogP contribution is 2.45. The second kappa shape index (κ2) is 69.0. The molecule has 94 heavy (non-hydrogen) atoms. The number of aliphatic hydroxyl groups excluding tert-OH is 1. The lowest BCUT2D eigenvalue weighted by Crippen LogP contribution is -2.30. The number of carbonyl (C=O) groups excluding carboxylic acids is 4. The number of phosphoric ester groups is 2. The summed E-state index contributed by atoms with van der Waals surface area (Å²) in [7, 11) is -9.92. The fourth-order valence-electron chi connectivity index (χ4n) is 11.0. The van der Waals surface area contributed by atoms with Crippen LogP contribution in [0.1, 0.15) is 374 Å². The van der Waals surface area contributed by atoms with Crippen LogP contribution in [-0.2, 0) is 65.4 Å². The third-order valence-corrected chi connectivity index (χ3v) is 18.9. The Kier molecular flexibility index (Phi) is 67.2. The van der Waals surface area contributed by atoms with Crippen molar-refractivity contribution in [2.24, 2.45) is 0 Å². The number of rotatable bonds is 74. The van der Waals surface area contributed by atoms with Crippen molar-refractivity contribution < 1.29 is 80.2 Å². The Labute approximate surface area is 573 Å². The fraction of sp³-hybridized carbons (Fsp3) is 0.893. The van der Waals surface area contributed by atoms with Gasteiger partial charge in [0, 0.05) is 25.7 Å². The predicted octanol–water partition coefficient (Wildman–Crippen LogP) is 21.8. The number of unbranched alkanes of at least 4 members (excludes halogenated alkanes) is 45. The maximum absolute atomic E-state index is 13.1. The van der Waals surface area contributed by atoms with Crippen LogP contribution in [0.4, 0.5) is 0 Å². The van der Waals surface area contributed by atoms with Gasteiger partial charge < -0.3 is 33.8 Å². The zero-order chi connectivity index (χ0) is 69.0. The highest BCUT2D eigenvalue weighted by atomic mass is 31.2. The SMILES string of the molecule is CCCCCC/C=C\C=C/CCCCCCCC(=O)OC[C@H](COP(=O)(O)OC[C@H](O)COP(=O)(O)OC[C@@H](COC(=O)CCCCCCCCCCCCCCC)OC(=O)CCCCCCCCCCCCCCC)OC(=O)CCCCCCCCCCCCCCC. The summed E-state index contributed by atoms with van der Waals surface area (Å²) >= 11 is 0. The van der Waals surface area contributed by atoms with Crippen LogP contribution in [0.3, 0.4) is 0 Å². The quantitative estimate of drug-likeness (QED) is 0.0169. The molecule has 19 heteroatoms. The number of allylic oxidation sites excluding steroid dienone is 4. The van der Waals surface area contributed by atoms with Gasteiger partial charge in [0.05, 0.1) is 26.4 Å². The van der Waals surface area contributed by atoms with E-state index >= 15 is 0 Å². The second-order valence-corrected chi connectivity index (χ2v) is 29.3. The van der Waals surface area contributed by atoms with E-state index in [2.05, 4.69) is 52.0 Å². The van der Waals surface area contributed by atoms with Crippen molar-refractivity contribution in [2.75, 3.05) is 39.6 Å². The van der Waals surface area contributed by atoms with Gasteiger partial charge in [-0.25, -0.2) is 9.13 Å². The van der Waals surface area contributed by atoms with E-state index in [-0.39, 0.29) is 25.7 Å². The normalized spacial score (nSPS) is 14.1. The molecule has 0 aliphatic rings. The molecule has 0 spiro atoms. The minimum atomic E-state index is -4.96. The zero-order valence-corrected chi connectivity index (χ0v) is 62.2. The molecule has 0 aromatic heterocycles. The van der Waals surface area contributed by atoms with E-state index < -0.39 is 97.5 Å². The van der Waals surface area contributed by atoms with Gasteiger partial charge in [-0.1, -0.05) is 322 Å². The highest BCUT2D eigenvalue weighted by Gasteiger charge is 2.30. The summed E-state index contributed by atoms with van der Waals surface area (Å²) in [6, 6.07) is 0. The molecular formula is C75H142O17P2. The van der Waals surface area contributed by atoms with Crippen LogP contribution >= 0.6 is 15.6 Å². The van der Waals surface area contributed by atoms with Crippen molar-refractivity contribution in [1.82, 2.24) is 0 Å². The van der Waals surface area contributed by atoms with Crippen LogP contribution in [-0.4, -0.2) is 96.7 Å². The molecule has 0 rings (SSSR count). The van der Waals surface area contributed by atoms with Crippen molar-refractivity contribution in [3.63, 3.8) is 0 Å². The minimum Gasteiger partial charge on any atom is -0.462 e. The van der Waals surface area contributed by atoms with Crippen LogP contribution in [0.15, 0.2) is 24.3 Å². The molecule has 17 nitrogen and oxygen atoms in total. The van der Waals surface area contributed by atoms with E-state index in [1.807, 2.05) is 0 Å². The first-order valence-electron chi connectivity index (χ1n) is 38.6. The van der Waals surface area contributed by atoms with Crippen LogP contribution in [0.5, 0.6) is 0 Å². The van der Waals surface area contributed by atoms with Crippen LogP contribution < -0.4 is 0 Å². The van der Waals surface area contributed by atoms with Gasteiger partial charge in [0.15, 0.2) is 12.2 Å². The van der Waals surface area contributed by atoms with Crippen molar-refractivity contribution in [3.05, 3.63) is 24.3 Å². The molecule has 3 N–H and O–H groups in total. The summed E-state index contributed by atoms with van der Waals surface area (Å²) < 4.78 is 68.5. The fourth-order valence-corrected chi connectivity index (χ4v) is 12.6. The molecule has 0 saturated heterocycles. The van der Waals surface area contributed by atoms with Gasteiger partial charge in [-0.15, -0.1) is 0 Å². The number of ether oxygens (including phenoxy) is 4. The lowest BCUT2D eigenvalue weighted by molar-refractivity contribution is -0.161. The van der Waals surface area contributed by atoms with Gasteiger partial charge in [0.1, 0.15) is 19.3 Å². The Balaban J connectivity index is 5.29. The van der Waals surface area contributed by atoms with E-state index in [1.165, 1.54) is 186 Å². The van der Waals surface area contributed by atoms with Gasteiger partial charge in [-0.05, 0) is 51.4 Å². The molecule has 0 aromatic rings. The van der Waals surface area contributed by atoms with E-state index in [9.17, 15) is 43.2 Å². The number of esters is 4. The first-order chi connectivity index (χ1) is 45.7. The average Bonchev–Trinajstić information content (AvgIpc) is 1.67. The summed E-state index contributed by atoms with van der Waals surface area (Å²) in [5.74, 6) is -2.14. The molecule has 2 unspecified atom stereocenters. The van der Waals surface area contributed by atoms with Gasteiger partial charge in [0.25, 0.3) is 0 Å². The number of hydrogen-bond donors (Lipinski definition) is 3. The minimum absolute atomic E-state index is 0.101. The highest BCUT2D eigenvalue weighted by molar-refractivity contribution is 7.47. The smallest absolute Gasteiger partial charge is 0.462 e. The number of carbonyl (C=O) groups is 4. The van der Waals surface area contributed by atoms with Crippen LogP contribution in [0, 0.1) is 0 Å². The molecule has 0 radical (unpaired) electrons. The maximum atomic E-state index is 13.1. The molecule has 0 aliphatic carbocycles. The molecule has 0 heterocycles. The van der Waals surface area contributed by atoms with Gasteiger partial charge >= 0.3 is 39.5 Å². The molecule has 0 amide bonds. The van der Waals surface area contributed by atoms with Crippen molar-refractivity contribution in [3.8, 4) is 0 Å². The standard InChI is InChI=1S/C75H142O17P2/c1-5-9-13-17-21-25-29-33-34-38-40-44-48-52-56-60-73(78)86-66-71(92-75(80)62-58-54-50-46-42-37-32-28-24-20-16-12-8-4)68-90-94(83,84)88-64-69(76)63-87-93(81,82)89-67-70(91-74(79)61-57-53-49-45-41-36-31-27-23-19-15-11-7-3)65-85-72(77)59-55-51-47-43-39-35-30-26-22-18-14-10-6-2/h25,29,33-34,69-71,76H,5-24,26-28,30-32,35-68H2,1-4H3,(H,81,82)(H,83,84)/b29-25-,34-33-/t69-,70-,71-/m1/s1. The maximum Gasteiger partial charge on any atom is 0.472 e. The van der Waals surface area contributed by atoms with E-state index in [4.69, 9.17) is 37.0 Å². The van der Waals surface area contributed by atoms with Crippen LogP contribution in [0.2, 0.25) is 0 Å². The third-order valence-electron chi connectivity index (χ3n) is 17.0. The van der Waals surface area contributed by atoms with Crippen LogP contribution in [0.25, 0.3) is 0 Å². The summed E-state index contributed by atoms with van der Waals surface area (Å²) in [5.41, 5.74) is 0. The van der Waals surface area contributed by atoms with E-state index in [0.717, 1.165) is 109 Å². The third kappa shape index (κ3) is 68.1. The number of hydrogen-bond acceptors (Lipinski definition) is 15. The average molecular weight is 1380 g/mol. The Bertz CT molecular complexity index is 1880. The predicted molar refractivity (Wildman–Crippen MR) is 381 cm³/mol. The number of phosphoric acid groups is 2. The first kappa shape index (κ1) is 91.5. The largest absolute Gasteiger partial charge is 0.472 e. The molecule has 0 aromatic carbocycles. The summed E-state index contributed by atoms with van der Waals surface area (Å²) in [6.07, 6.45) is 61.6. The van der Waals surface area contributed by atoms with Gasteiger partial charge in [-0.2, -0.15) is 0 Å². The summed E-state index contributed by atoms with van der Waals surface area (Å²) in [4.78, 5) is 72.8. The van der Waals surface area contributed by atoms with Crippen molar-refractivity contribution in [1.29, 1.82) is 0 Å². The molecule has 0 saturated carbocycles. The Morgan fingerprint density at radius 1 is 0.298 bits per heavy atom. The topological polar surface area (TPSA) is 237 Å². The molecule has 0 aliphatic heterocycles. The summed E-state index contributed by atoms with van der Waals surface area (Å²) in [6.45, 7) is 4.92. The van der Waals surface area contributed by atoms with Crippen molar-refractivity contribution in [2.45, 2.75) is 393 Å². The van der Waals surface area contributed by atoms with Gasteiger partial charge in [0.2, 0.25) is 0 Å². The second-order valence-electron chi connectivity index (χ2n) is 26.4. The molecule has 0 fully saturated rings. The molecule has 0 bridgehead atoms. The first-order valence-corrected chi connectivity index (χ1v) is 41.6. The molecule has 5 atom stereocenters. The zero-order valence-electron chi connectivity index (χ0n) is 60.4. The van der Waals surface area contributed by atoms with Crippen molar-refractivity contribution >= 4 is 39.5 Å². The molecule has 554 valence electrons. The molecular weight excluding hydrogens is 1230 g/mol. The Hall–Kier alpha value is -2.46. The van der Waals surface area contributed by atoms with E-state index in [0.29, 0.717) is 25.7 Å². The lowest BCUT2D eigenvalue weighted by Gasteiger charge is -2.21. The number of aliphatic hydroxyl groups is 1. The Morgan fingerprint density at radius 3 is 0.777 bits per heavy atom. The Morgan fingerprint density at radius 2 is 0.511 bits per heavy atom. The summed E-state index contributed by atoms with van der Waals surface area (Å²) in [5, 5.41) is 10.6. The van der Waals surface area contributed by atoms with Gasteiger partial charge in [-0.3, -0.25) is 37.3 Å². The lowest BCUT2D eigenvalue weighted by atomic mass is 10.0. The monoisotopic (exact) mass is 1380 g/mol. The van der Waals surface area contributed by atoms with E-state index in [1.54, 1.807) is 0 Å².